The average molecular weight is 1050 g/mol. The van der Waals surface area contributed by atoms with Gasteiger partial charge in [0.1, 0.15) is 0 Å². The second-order valence-electron chi connectivity index (χ2n) is 23.9. The van der Waals surface area contributed by atoms with Crippen LogP contribution in [0.3, 0.4) is 0 Å². The predicted molar refractivity (Wildman–Crippen MR) is 322 cm³/mol. The summed E-state index contributed by atoms with van der Waals surface area (Å²) in [6.45, 7) is 14.5. The van der Waals surface area contributed by atoms with E-state index in [0.717, 1.165) is 109 Å². The maximum atomic E-state index is 14.1. The summed E-state index contributed by atoms with van der Waals surface area (Å²) in [4.78, 5) is 44.4. The molecule has 0 aromatic rings. The monoisotopic (exact) mass is 1050 g/mol. The summed E-state index contributed by atoms with van der Waals surface area (Å²) in [6, 6.07) is 0.324. The van der Waals surface area contributed by atoms with E-state index < -0.39 is 0 Å². The third-order valence-corrected chi connectivity index (χ3v) is 16.2. The lowest BCUT2D eigenvalue weighted by molar-refractivity contribution is -0.146. The molecule has 74 heavy (non-hydrogen) atoms. The molecule has 0 bridgehead atoms. The van der Waals surface area contributed by atoms with Crippen molar-refractivity contribution in [3.63, 3.8) is 0 Å². The Morgan fingerprint density at radius 3 is 0.932 bits per heavy atom. The Morgan fingerprint density at radius 2 is 0.581 bits per heavy atom. The summed E-state index contributed by atoms with van der Waals surface area (Å²) < 4.78 is 11.8. The van der Waals surface area contributed by atoms with Crippen LogP contribution in [0.4, 0.5) is 0 Å². The molecule has 7 nitrogen and oxygen atoms in total. The van der Waals surface area contributed by atoms with Gasteiger partial charge in [-0.05, 0) is 103 Å². The van der Waals surface area contributed by atoms with Crippen molar-refractivity contribution in [2.24, 2.45) is 11.8 Å². The largest absolute Gasteiger partial charge is 0.465 e. The second kappa shape index (κ2) is 57.5. The van der Waals surface area contributed by atoms with Crippen molar-refractivity contribution in [2.45, 2.75) is 362 Å². The summed E-state index contributed by atoms with van der Waals surface area (Å²) in [5.74, 6) is 1.41. The van der Waals surface area contributed by atoms with Crippen molar-refractivity contribution in [2.75, 3.05) is 40.4 Å². The lowest BCUT2D eigenvalue weighted by atomic mass is 9.95. The lowest BCUT2D eigenvalue weighted by Crippen LogP contribution is -2.41. The van der Waals surface area contributed by atoms with Gasteiger partial charge in [-0.15, -0.1) is 0 Å². The Morgan fingerprint density at radius 1 is 0.311 bits per heavy atom. The van der Waals surface area contributed by atoms with Gasteiger partial charge in [0, 0.05) is 31.8 Å². The second-order valence-corrected chi connectivity index (χ2v) is 23.9. The number of amides is 1. The van der Waals surface area contributed by atoms with Crippen LogP contribution < -0.4 is 0 Å². The molecule has 0 aromatic carbocycles. The van der Waals surface area contributed by atoms with Gasteiger partial charge in [0.2, 0.25) is 5.91 Å². The number of carbonyl (C=O) groups is 3. The highest BCUT2D eigenvalue weighted by atomic mass is 16.5. The van der Waals surface area contributed by atoms with Crippen molar-refractivity contribution in [3.05, 3.63) is 0 Å². The van der Waals surface area contributed by atoms with E-state index in [0.29, 0.717) is 56.3 Å². The van der Waals surface area contributed by atoms with Crippen LogP contribution >= 0.6 is 0 Å². The highest BCUT2D eigenvalue weighted by molar-refractivity contribution is 5.76. The number of hydrogen-bond donors (Lipinski definition) is 0. The summed E-state index contributed by atoms with van der Waals surface area (Å²) in [5.41, 5.74) is 0. The van der Waals surface area contributed by atoms with Crippen molar-refractivity contribution < 1.29 is 23.9 Å². The van der Waals surface area contributed by atoms with Crippen LogP contribution in [0.15, 0.2) is 0 Å². The van der Waals surface area contributed by atoms with Gasteiger partial charge in [-0.3, -0.25) is 14.4 Å². The summed E-state index contributed by atoms with van der Waals surface area (Å²) in [5, 5.41) is 0. The minimum absolute atomic E-state index is 0.000528. The molecule has 0 aliphatic heterocycles. The van der Waals surface area contributed by atoms with Gasteiger partial charge in [0.15, 0.2) is 0 Å². The van der Waals surface area contributed by atoms with Crippen LogP contribution in [-0.2, 0) is 23.9 Å². The van der Waals surface area contributed by atoms with Crippen LogP contribution in [0.5, 0.6) is 0 Å². The molecule has 0 spiro atoms. The third kappa shape index (κ3) is 49.9. The molecule has 0 radical (unpaired) electrons. The zero-order valence-electron chi connectivity index (χ0n) is 51.4. The van der Waals surface area contributed by atoms with E-state index in [-0.39, 0.29) is 11.9 Å². The molecule has 0 aliphatic carbocycles. The number of ether oxygens (including phenoxy) is 2. The van der Waals surface area contributed by atoms with Gasteiger partial charge < -0.3 is 19.3 Å². The molecular formula is C67H132N2O5. The molecule has 0 saturated heterocycles. The molecule has 0 rings (SSSR count). The van der Waals surface area contributed by atoms with E-state index in [1.807, 2.05) is 0 Å². The third-order valence-electron chi connectivity index (χ3n) is 16.2. The van der Waals surface area contributed by atoms with E-state index in [9.17, 15) is 14.4 Å². The fraction of sp³-hybridized carbons (Fsp3) is 0.955. The molecule has 0 aliphatic rings. The Hall–Kier alpha value is -1.63. The molecular weight excluding hydrogens is 913 g/mol. The first-order valence-corrected chi connectivity index (χ1v) is 33.5. The van der Waals surface area contributed by atoms with Crippen LogP contribution in [0, 0.1) is 11.8 Å². The quantitative estimate of drug-likeness (QED) is 0.0446. The van der Waals surface area contributed by atoms with Gasteiger partial charge in [-0.25, -0.2) is 0 Å². The minimum Gasteiger partial charge on any atom is -0.465 e. The normalized spacial score (nSPS) is 12.9. The zero-order valence-corrected chi connectivity index (χ0v) is 51.4. The van der Waals surface area contributed by atoms with E-state index in [2.05, 4.69) is 58.5 Å². The summed E-state index contributed by atoms with van der Waals surface area (Å²) in [6.07, 6.45) is 59.3. The smallest absolute Gasteiger partial charge is 0.305 e. The first-order chi connectivity index (χ1) is 36.2. The predicted octanol–water partition coefficient (Wildman–Crippen LogP) is 20.7. The van der Waals surface area contributed by atoms with E-state index >= 15 is 0 Å². The molecule has 0 fully saturated rings. The van der Waals surface area contributed by atoms with Gasteiger partial charge >= 0.3 is 11.9 Å². The van der Waals surface area contributed by atoms with Crippen molar-refractivity contribution in [1.29, 1.82) is 0 Å². The SMILES string of the molecule is CCCCCCCCCCC(CCCCCCCC(=O)OCC(CCCCCC)CCCCCCCC)N(CCCCCCCCC(=O)OCC(CCCCCC)CCCCCCCC)C(=O)CCCCN(C)C. The Balaban J connectivity index is 5.18. The van der Waals surface area contributed by atoms with E-state index in [1.54, 1.807) is 0 Å². The van der Waals surface area contributed by atoms with Crippen molar-refractivity contribution >= 4 is 17.8 Å². The zero-order chi connectivity index (χ0) is 54.2. The van der Waals surface area contributed by atoms with Crippen molar-refractivity contribution in [3.8, 4) is 0 Å². The van der Waals surface area contributed by atoms with Gasteiger partial charge in [-0.2, -0.15) is 0 Å². The molecule has 7 heteroatoms. The Bertz CT molecular complexity index is 1180. The molecule has 0 heterocycles. The van der Waals surface area contributed by atoms with Gasteiger partial charge in [0.25, 0.3) is 0 Å². The number of esters is 2. The number of nitrogens with zero attached hydrogens (tertiary/aromatic N) is 2. The average Bonchev–Trinajstić information content (AvgIpc) is 3.39. The lowest BCUT2D eigenvalue weighted by Gasteiger charge is -2.33. The van der Waals surface area contributed by atoms with Gasteiger partial charge in [0.05, 0.1) is 13.2 Å². The van der Waals surface area contributed by atoms with Crippen molar-refractivity contribution in [1.82, 2.24) is 9.80 Å². The maximum Gasteiger partial charge on any atom is 0.305 e. The van der Waals surface area contributed by atoms with Crippen LogP contribution in [0.25, 0.3) is 0 Å². The molecule has 3 atom stereocenters. The van der Waals surface area contributed by atoms with Crippen LogP contribution in [-0.4, -0.2) is 74.1 Å². The standard InChI is InChI=1S/C67H132N2O5/c1-8-13-18-23-26-27-33-42-53-64(54-43-34-30-36-45-57-67(72)74-61-63(50-39-22-17-12-5)52-41-32-25-20-15-10-3)69(65(70)55-46-48-58-68(6)7)59-47-37-29-28-35-44-56-66(71)73-60-62(49-38-21-16-11-4)51-40-31-24-19-14-9-2/h62-64H,8-61H2,1-7H3. The summed E-state index contributed by atoms with van der Waals surface area (Å²) >= 11 is 0. The van der Waals surface area contributed by atoms with Gasteiger partial charge in [-0.1, -0.05) is 266 Å². The Kier molecular flexibility index (Phi) is 56.3. The molecule has 440 valence electrons. The number of unbranched alkanes of at least 4 members (excludes halogenated alkanes) is 33. The van der Waals surface area contributed by atoms with Crippen LogP contribution in [0.1, 0.15) is 356 Å². The molecule has 1 amide bonds. The van der Waals surface area contributed by atoms with E-state index in [4.69, 9.17) is 9.47 Å². The first-order valence-electron chi connectivity index (χ1n) is 33.5. The minimum atomic E-state index is -0.000528. The molecule has 0 N–H and O–H groups in total. The molecule has 0 saturated carbocycles. The molecule has 0 aromatic heterocycles. The number of rotatable bonds is 60. The first kappa shape index (κ1) is 72.4. The molecule has 3 unspecified atom stereocenters. The topological polar surface area (TPSA) is 76.1 Å². The fourth-order valence-electron chi connectivity index (χ4n) is 11.1. The highest BCUT2D eigenvalue weighted by Crippen LogP contribution is 2.24. The van der Waals surface area contributed by atoms with Crippen LogP contribution in [0.2, 0.25) is 0 Å². The fourth-order valence-corrected chi connectivity index (χ4v) is 11.1. The number of hydrogen-bond acceptors (Lipinski definition) is 6. The van der Waals surface area contributed by atoms with E-state index in [1.165, 1.54) is 205 Å². The number of carbonyl (C=O) groups excluding carboxylic acids is 3. The summed E-state index contributed by atoms with van der Waals surface area (Å²) in [7, 11) is 4.25. The Labute approximate surface area is 463 Å². The maximum absolute atomic E-state index is 14.1. The highest BCUT2D eigenvalue weighted by Gasteiger charge is 2.23.